The van der Waals surface area contributed by atoms with E-state index in [-0.39, 0.29) is 5.91 Å². The molecule has 1 aromatic carbocycles. The number of aromatic nitrogens is 3. The highest BCUT2D eigenvalue weighted by Crippen LogP contribution is 2.28. The van der Waals surface area contributed by atoms with Crippen molar-refractivity contribution in [3.8, 4) is 17.0 Å². The van der Waals surface area contributed by atoms with Gasteiger partial charge >= 0.3 is 0 Å². The number of amides is 1. The Kier molecular flexibility index (Phi) is 6.41. The number of thiophene rings is 1. The van der Waals surface area contributed by atoms with Crippen LogP contribution < -0.4 is 10.1 Å². The number of nitrogens with zero attached hydrogens (tertiary/aromatic N) is 3. The van der Waals surface area contributed by atoms with Crippen LogP contribution >= 0.6 is 34.3 Å². The van der Waals surface area contributed by atoms with Crippen LogP contribution in [-0.2, 0) is 13.2 Å². The van der Waals surface area contributed by atoms with Gasteiger partial charge in [0.15, 0.2) is 5.13 Å². The summed E-state index contributed by atoms with van der Waals surface area (Å²) in [5, 5.41) is 12.5. The SMILES string of the molecule is CCn1cc(-c2csc(NC(=O)c3cc(COc4ccc(Cl)c(C)c4)cs3)n2)c(C)n1. The number of carbonyl (C=O) groups excluding carboxylic acids is 1. The van der Waals surface area contributed by atoms with Crippen LogP contribution in [0.1, 0.15) is 33.4 Å². The number of carbonyl (C=O) groups is 1. The molecule has 0 radical (unpaired) electrons. The third-order valence-electron chi connectivity index (χ3n) is 4.68. The van der Waals surface area contributed by atoms with Crippen molar-refractivity contribution < 1.29 is 9.53 Å². The molecule has 0 aliphatic heterocycles. The number of nitrogens with one attached hydrogen (secondary N) is 1. The maximum atomic E-state index is 12.6. The number of halogens is 1. The Morgan fingerprint density at radius 1 is 1.23 bits per heavy atom. The molecule has 0 atom stereocenters. The van der Waals surface area contributed by atoms with Crippen LogP contribution in [0.15, 0.2) is 41.2 Å². The number of rotatable bonds is 7. The lowest BCUT2D eigenvalue weighted by atomic mass is 10.2. The van der Waals surface area contributed by atoms with Crippen LogP contribution in [0, 0.1) is 13.8 Å². The van der Waals surface area contributed by atoms with Crippen molar-refractivity contribution in [3.05, 3.63) is 67.9 Å². The van der Waals surface area contributed by atoms with E-state index in [0.717, 1.165) is 40.4 Å². The summed E-state index contributed by atoms with van der Waals surface area (Å²) in [5.74, 6) is 0.566. The number of anilines is 1. The standard InChI is InChI=1S/C22H21ClN4O2S2/c1-4-27-9-17(14(3)26-27)19-12-31-22(24-19)25-21(28)20-8-15(11-30-20)10-29-16-5-6-18(23)13(2)7-16/h5-9,11-12H,4,10H2,1-3H3,(H,24,25,28). The monoisotopic (exact) mass is 472 g/mol. The van der Waals surface area contributed by atoms with E-state index in [0.29, 0.717) is 21.6 Å². The van der Waals surface area contributed by atoms with Crippen molar-refractivity contribution >= 4 is 45.3 Å². The normalized spacial score (nSPS) is 11.0. The fourth-order valence-electron chi connectivity index (χ4n) is 2.99. The molecule has 0 aliphatic carbocycles. The van der Waals surface area contributed by atoms with Gasteiger partial charge in [-0.25, -0.2) is 4.98 Å². The Labute approximate surface area is 193 Å². The second kappa shape index (κ2) is 9.21. The van der Waals surface area contributed by atoms with Crippen molar-refractivity contribution in [2.24, 2.45) is 0 Å². The van der Waals surface area contributed by atoms with Crippen molar-refractivity contribution in [2.45, 2.75) is 33.9 Å². The van der Waals surface area contributed by atoms with E-state index < -0.39 is 0 Å². The molecule has 0 spiro atoms. The molecule has 1 amide bonds. The lowest BCUT2D eigenvalue weighted by Gasteiger charge is -2.06. The predicted octanol–water partition coefficient (Wildman–Crippen LogP) is 6.19. The average Bonchev–Trinajstić information content (AvgIpc) is 3.48. The summed E-state index contributed by atoms with van der Waals surface area (Å²) < 4.78 is 7.69. The Balaban J connectivity index is 1.38. The zero-order chi connectivity index (χ0) is 22.0. The highest BCUT2D eigenvalue weighted by atomic mass is 35.5. The van der Waals surface area contributed by atoms with E-state index in [2.05, 4.69) is 15.4 Å². The van der Waals surface area contributed by atoms with Gasteiger partial charge in [-0.05, 0) is 56.0 Å². The van der Waals surface area contributed by atoms with Crippen LogP contribution in [0.3, 0.4) is 0 Å². The van der Waals surface area contributed by atoms with Crippen molar-refractivity contribution in [1.82, 2.24) is 14.8 Å². The smallest absolute Gasteiger partial charge is 0.267 e. The molecule has 1 N–H and O–H groups in total. The first-order chi connectivity index (χ1) is 14.9. The molecule has 3 aromatic heterocycles. The summed E-state index contributed by atoms with van der Waals surface area (Å²) in [4.78, 5) is 17.8. The summed E-state index contributed by atoms with van der Waals surface area (Å²) in [6, 6.07) is 7.39. The number of ether oxygens (including phenoxy) is 1. The Hall–Kier alpha value is -2.68. The molecule has 4 aromatic rings. The van der Waals surface area contributed by atoms with Crippen molar-refractivity contribution in [3.63, 3.8) is 0 Å². The van der Waals surface area contributed by atoms with E-state index in [1.807, 2.05) is 66.7 Å². The number of benzene rings is 1. The van der Waals surface area contributed by atoms with Gasteiger partial charge in [-0.15, -0.1) is 22.7 Å². The van der Waals surface area contributed by atoms with Gasteiger partial charge < -0.3 is 4.74 Å². The van der Waals surface area contributed by atoms with E-state index >= 15 is 0 Å². The summed E-state index contributed by atoms with van der Waals surface area (Å²) in [5.41, 5.74) is 4.61. The average molecular weight is 473 g/mol. The second-order valence-electron chi connectivity index (χ2n) is 6.99. The zero-order valence-electron chi connectivity index (χ0n) is 17.3. The molecular weight excluding hydrogens is 452 g/mol. The van der Waals surface area contributed by atoms with Crippen LogP contribution in [-0.4, -0.2) is 20.7 Å². The Morgan fingerprint density at radius 3 is 2.81 bits per heavy atom. The van der Waals surface area contributed by atoms with E-state index in [9.17, 15) is 4.79 Å². The molecule has 3 heterocycles. The zero-order valence-corrected chi connectivity index (χ0v) is 19.7. The molecule has 0 bridgehead atoms. The van der Waals surface area contributed by atoms with E-state index in [1.165, 1.54) is 22.7 Å². The third kappa shape index (κ3) is 4.98. The van der Waals surface area contributed by atoms with Crippen molar-refractivity contribution in [1.29, 1.82) is 0 Å². The first-order valence-corrected chi connectivity index (χ1v) is 11.8. The Morgan fingerprint density at radius 2 is 2.06 bits per heavy atom. The molecule has 31 heavy (non-hydrogen) atoms. The van der Waals surface area contributed by atoms with E-state index in [1.54, 1.807) is 0 Å². The highest BCUT2D eigenvalue weighted by molar-refractivity contribution is 7.14. The fourth-order valence-corrected chi connectivity index (χ4v) is 4.60. The van der Waals surface area contributed by atoms with Gasteiger partial charge in [-0.1, -0.05) is 11.6 Å². The molecule has 0 saturated heterocycles. The van der Waals surface area contributed by atoms with Gasteiger partial charge in [-0.3, -0.25) is 14.8 Å². The fraction of sp³-hybridized carbons (Fsp3) is 0.227. The number of hydrogen-bond acceptors (Lipinski definition) is 6. The highest BCUT2D eigenvalue weighted by Gasteiger charge is 2.15. The molecule has 0 unspecified atom stereocenters. The van der Waals surface area contributed by atoms with Gasteiger partial charge in [-0.2, -0.15) is 5.10 Å². The molecule has 6 nitrogen and oxygen atoms in total. The van der Waals surface area contributed by atoms with Crippen LogP contribution in [0.5, 0.6) is 5.75 Å². The first-order valence-electron chi connectivity index (χ1n) is 9.70. The molecule has 4 rings (SSSR count). The lowest BCUT2D eigenvalue weighted by molar-refractivity contribution is 0.103. The predicted molar refractivity (Wildman–Crippen MR) is 127 cm³/mol. The molecule has 0 saturated carbocycles. The summed E-state index contributed by atoms with van der Waals surface area (Å²) in [6.07, 6.45) is 1.98. The maximum absolute atomic E-state index is 12.6. The molecule has 9 heteroatoms. The number of aryl methyl sites for hydroxylation is 3. The summed E-state index contributed by atoms with van der Waals surface area (Å²) in [7, 11) is 0. The quantitative estimate of drug-likeness (QED) is 0.348. The first kappa shape index (κ1) is 21.5. The van der Waals surface area contributed by atoms with Gasteiger partial charge in [0.2, 0.25) is 0 Å². The van der Waals surface area contributed by atoms with Crippen LogP contribution in [0.2, 0.25) is 5.02 Å². The minimum absolute atomic E-state index is 0.180. The van der Waals surface area contributed by atoms with Gasteiger partial charge in [0.25, 0.3) is 5.91 Å². The Bertz CT molecular complexity index is 1230. The van der Waals surface area contributed by atoms with Gasteiger partial charge in [0.1, 0.15) is 12.4 Å². The summed E-state index contributed by atoms with van der Waals surface area (Å²) >= 11 is 8.83. The minimum Gasteiger partial charge on any atom is -0.489 e. The molecule has 0 aliphatic rings. The minimum atomic E-state index is -0.180. The maximum Gasteiger partial charge on any atom is 0.267 e. The van der Waals surface area contributed by atoms with E-state index in [4.69, 9.17) is 16.3 Å². The number of thiazole rings is 1. The van der Waals surface area contributed by atoms with Crippen LogP contribution in [0.4, 0.5) is 5.13 Å². The van der Waals surface area contributed by atoms with Crippen molar-refractivity contribution in [2.75, 3.05) is 5.32 Å². The number of hydrogen-bond donors (Lipinski definition) is 1. The molecular formula is C22H21ClN4O2S2. The van der Waals surface area contributed by atoms with Gasteiger partial charge in [0, 0.05) is 34.3 Å². The second-order valence-corrected chi connectivity index (χ2v) is 9.17. The third-order valence-corrected chi connectivity index (χ3v) is 6.84. The van der Waals surface area contributed by atoms with Crippen LogP contribution in [0.25, 0.3) is 11.3 Å². The largest absolute Gasteiger partial charge is 0.489 e. The lowest BCUT2D eigenvalue weighted by Crippen LogP contribution is -2.09. The van der Waals surface area contributed by atoms with Gasteiger partial charge in [0.05, 0.1) is 16.3 Å². The molecule has 160 valence electrons. The topological polar surface area (TPSA) is 69.0 Å². The molecule has 0 fully saturated rings. The summed E-state index contributed by atoms with van der Waals surface area (Å²) in [6.45, 7) is 7.12.